The van der Waals surface area contributed by atoms with Crippen molar-refractivity contribution < 1.29 is 144 Å². The van der Waals surface area contributed by atoms with E-state index in [4.69, 9.17) is 42.6 Å². The first-order valence-corrected chi connectivity index (χ1v) is 22.2. The second-order valence-corrected chi connectivity index (χ2v) is 17.7. The maximum Gasteiger partial charge on any atom is 0.364 e. The van der Waals surface area contributed by atoms with Crippen molar-refractivity contribution in [3.05, 3.63) is 0 Å². The van der Waals surface area contributed by atoms with E-state index in [-0.39, 0.29) is 0 Å². The fourth-order valence-electron chi connectivity index (χ4n) is 8.74. The molecule has 3 amide bonds. The Balaban J connectivity index is 1.47. The summed E-state index contributed by atoms with van der Waals surface area (Å²) >= 11 is 0. The smallest absolute Gasteiger partial charge is 0.364 e. The van der Waals surface area contributed by atoms with Crippen LogP contribution in [0, 0.1) is 0 Å². The van der Waals surface area contributed by atoms with Gasteiger partial charge in [-0.05, 0) is 0 Å². The molecule has 0 bridgehead atoms. The summed E-state index contributed by atoms with van der Waals surface area (Å²) < 4.78 is 51.1. The molecule has 32 heteroatoms. The molecule has 0 aliphatic carbocycles. The molecule has 0 aromatic heterocycles. The number of nitrogens with one attached hydrogen (secondary N) is 3. The lowest BCUT2D eigenvalue weighted by atomic mass is 9.88. The minimum absolute atomic E-state index is 0.705. The minimum atomic E-state index is -3.25. The molecule has 0 radical (unpaired) electrons. The van der Waals surface area contributed by atoms with Crippen molar-refractivity contribution in [2.24, 2.45) is 0 Å². The molecule has 410 valence electrons. The van der Waals surface area contributed by atoms with Crippen LogP contribution in [0.4, 0.5) is 0 Å². The normalized spacial score (nSPS) is 45.0. The lowest BCUT2D eigenvalue weighted by molar-refractivity contribution is -0.388. The number of rotatable bonds is 19. The Hall–Kier alpha value is -3.08. The van der Waals surface area contributed by atoms with E-state index in [9.17, 15) is 101 Å². The van der Waals surface area contributed by atoms with E-state index in [1.807, 2.05) is 0 Å². The summed E-state index contributed by atoms with van der Waals surface area (Å²) in [5, 5.41) is 178. The first-order valence-electron chi connectivity index (χ1n) is 22.2. The number of hydrogen-bond acceptors (Lipinski definition) is 28. The third kappa shape index (κ3) is 13.2. The second-order valence-electron chi connectivity index (χ2n) is 17.7. The maximum absolute atomic E-state index is 13.2. The van der Waals surface area contributed by atoms with Gasteiger partial charge in [-0.25, -0.2) is 4.79 Å². The van der Waals surface area contributed by atoms with Gasteiger partial charge in [0.05, 0.1) is 45.2 Å². The maximum atomic E-state index is 13.2. The van der Waals surface area contributed by atoms with Crippen molar-refractivity contribution in [3.8, 4) is 0 Å². The molecule has 71 heavy (non-hydrogen) atoms. The number of aliphatic hydroxyl groups excluding tert-OH is 15. The molecular formula is C39H65N3O29. The quantitative estimate of drug-likeness (QED) is 0.0571. The number of aliphatic carboxylic acids is 1. The molecular weight excluding hydrogens is 974 g/mol. The van der Waals surface area contributed by atoms with E-state index >= 15 is 0 Å². The number of carbonyl (C=O) groups is 4. The van der Waals surface area contributed by atoms with E-state index in [1.54, 1.807) is 0 Å². The van der Waals surface area contributed by atoms with Crippen molar-refractivity contribution >= 4 is 23.7 Å². The summed E-state index contributed by atoms with van der Waals surface area (Å²) in [7, 11) is 0. The van der Waals surface area contributed by atoms with Gasteiger partial charge in [-0.2, -0.15) is 0 Å². The zero-order valence-corrected chi connectivity index (χ0v) is 38.1. The fourth-order valence-corrected chi connectivity index (χ4v) is 8.74. The van der Waals surface area contributed by atoms with Crippen molar-refractivity contribution in [3.63, 3.8) is 0 Å². The minimum Gasteiger partial charge on any atom is -0.477 e. The largest absolute Gasteiger partial charge is 0.477 e. The van der Waals surface area contributed by atoms with E-state index in [1.165, 1.54) is 0 Å². The lowest BCUT2D eigenvalue weighted by Gasteiger charge is -2.51. The fraction of sp³-hybridized carbons (Fsp3) is 0.897. The Bertz CT molecular complexity index is 1770. The number of amides is 3. The molecule has 0 aromatic rings. The average molecular weight is 1040 g/mol. The summed E-state index contributed by atoms with van der Waals surface area (Å²) in [5.41, 5.74) is 0. The van der Waals surface area contributed by atoms with Crippen LogP contribution in [-0.2, 0) is 61.8 Å². The van der Waals surface area contributed by atoms with E-state index in [0.717, 1.165) is 20.8 Å². The predicted molar refractivity (Wildman–Crippen MR) is 219 cm³/mol. The molecule has 0 unspecified atom stereocenters. The molecule has 5 rings (SSSR count). The summed E-state index contributed by atoms with van der Waals surface area (Å²) in [5.74, 6) is -7.71. The van der Waals surface area contributed by atoms with Gasteiger partial charge in [-0.15, -0.1) is 0 Å². The van der Waals surface area contributed by atoms with Gasteiger partial charge in [-0.3, -0.25) is 14.4 Å². The highest BCUT2D eigenvalue weighted by Crippen LogP contribution is 2.39. The lowest BCUT2D eigenvalue weighted by Crippen LogP contribution is -2.71. The Morgan fingerprint density at radius 1 is 0.577 bits per heavy atom. The Morgan fingerprint density at radius 3 is 1.55 bits per heavy atom. The van der Waals surface area contributed by atoms with Gasteiger partial charge in [0.2, 0.25) is 17.7 Å². The first kappa shape index (κ1) is 58.8. The van der Waals surface area contributed by atoms with E-state index in [0.29, 0.717) is 0 Å². The first-order chi connectivity index (χ1) is 33.3. The van der Waals surface area contributed by atoms with Crippen molar-refractivity contribution in [1.82, 2.24) is 16.0 Å². The zero-order valence-electron chi connectivity index (χ0n) is 38.1. The monoisotopic (exact) mass is 1040 g/mol. The average Bonchev–Trinajstić information content (AvgIpc) is 3.31. The molecule has 0 spiro atoms. The summed E-state index contributed by atoms with van der Waals surface area (Å²) in [6, 6.07) is -4.83. The number of carboxylic acids is 1. The van der Waals surface area contributed by atoms with Crippen LogP contribution in [0.25, 0.3) is 0 Å². The molecule has 5 heterocycles. The van der Waals surface area contributed by atoms with Crippen LogP contribution >= 0.6 is 0 Å². The van der Waals surface area contributed by atoms with Crippen LogP contribution in [-0.4, -0.2) is 297 Å². The molecule has 5 aliphatic rings. The topological polar surface area (TPSA) is 511 Å². The van der Waals surface area contributed by atoms with Gasteiger partial charge in [-0.1, -0.05) is 0 Å². The van der Waals surface area contributed by atoms with Crippen molar-refractivity contribution in [2.45, 2.75) is 186 Å². The number of hydrogen-bond donors (Lipinski definition) is 19. The van der Waals surface area contributed by atoms with Gasteiger partial charge in [0.1, 0.15) is 116 Å². The molecule has 5 aliphatic heterocycles. The van der Waals surface area contributed by atoms with Crippen LogP contribution in [0.3, 0.4) is 0 Å². The van der Waals surface area contributed by atoms with Crippen LogP contribution in [0.2, 0.25) is 0 Å². The second kappa shape index (κ2) is 25.0. The molecule has 19 N–H and O–H groups in total. The predicted octanol–water partition coefficient (Wildman–Crippen LogP) is -12.3. The standard InChI is InChI=1S/C39H65N3O29/c1-10(46)40-19-13(49)4-39(38(61)62,70-32(19)22(51)14(50)5-43)71-33-25(54)18(68-37(30(33)59)69-31-16(7-45)65-34(60)29(58)28(31)57)9-64-36-21(42-12(3)48)27(56)24(53)17(67-36)8-63-35-20(41-11(2)47)26(55)23(52)15(6-44)66-35/h13-37,43-45,49-60H,4-9H2,1-3H3,(H,40,46)(H,41,47)(H,42,48)(H,61,62)/t13-,14+,15+,16+,17+,18+,19+,20+,21+,22+,23-,24+,25-,26+,27+,28+,29+,30+,31+,32+,33-,34+,35+,36+,37-,39-/m0/s1. The molecule has 0 aromatic carbocycles. The van der Waals surface area contributed by atoms with E-state index in [2.05, 4.69) is 16.0 Å². The molecule has 0 saturated carbocycles. The van der Waals surface area contributed by atoms with Gasteiger partial charge in [0.25, 0.3) is 5.79 Å². The summed E-state index contributed by atoms with van der Waals surface area (Å²) in [4.78, 5) is 49.5. The van der Waals surface area contributed by atoms with Crippen molar-refractivity contribution in [2.75, 3.05) is 33.0 Å². The Morgan fingerprint density at radius 2 is 1.06 bits per heavy atom. The SMILES string of the molecule is CC(=O)N[C@H]1[C@H](OC[C@H]2O[C@@H](OC[C@H]3O[C@@H](O[C@H]4[C@H](O)[C@@H](O)[C@H](O)O[C@@H]4CO)[C@H](O)[C@@H](O[C@]4(C(=O)O)C[C@H](O)[C@@H](NC(C)=O)[C@H]([C@H](O)[C@H](O)CO)O4)[C@H]3O)[C@H](NC(C)=O)[C@@H](O)[C@@H]2O)O[C@H](CO)[C@H](O)[C@@H]1O. The van der Waals surface area contributed by atoms with Crippen LogP contribution in [0.5, 0.6) is 0 Å². The van der Waals surface area contributed by atoms with Crippen LogP contribution < -0.4 is 16.0 Å². The Kier molecular flexibility index (Phi) is 20.7. The molecule has 26 atom stereocenters. The highest BCUT2D eigenvalue weighted by atomic mass is 16.8. The number of aliphatic hydroxyl groups is 15. The van der Waals surface area contributed by atoms with Crippen LogP contribution in [0.15, 0.2) is 0 Å². The molecule has 32 nitrogen and oxygen atoms in total. The Labute approximate surface area is 402 Å². The molecule has 5 fully saturated rings. The van der Waals surface area contributed by atoms with Gasteiger partial charge >= 0.3 is 5.97 Å². The number of ether oxygens (including phenoxy) is 9. The van der Waals surface area contributed by atoms with Gasteiger partial charge < -0.3 is 140 Å². The highest BCUT2D eigenvalue weighted by Gasteiger charge is 2.61. The number of carboxylic acid groups (broad SMARTS) is 1. The van der Waals surface area contributed by atoms with Crippen LogP contribution in [0.1, 0.15) is 27.2 Å². The van der Waals surface area contributed by atoms with Crippen molar-refractivity contribution in [1.29, 1.82) is 0 Å². The molecule has 5 saturated heterocycles. The summed E-state index contributed by atoms with van der Waals surface area (Å²) in [6.45, 7) is -1.70. The zero-order chi connectivity index (χ0) is 53.0. The van der Waals surface area contributed by atoms with Gasteiger partial charge in [0, 0.05) is 27.2 Å². The third-order valence-corrected chi connectivity index (χ3v) is 12.5. The summed E-state index contributed by atoms with van der Waals surface area (Å²) in [6.07, 6.45) is -44.9. The number of carbonyl (C=O) groups excluding carboxylic acids is 3. The van der Waals surface area contributed by atoms with Gasteiger partial charge in [0.15, 0.2) is 25.2 Å². The third-order valence-electron chi connectivity index (χ3n) is 12.5. The van der Waals surface area contributed by atoms with E-state index < -0.39 is 222 Å². The highest BCUT2D eigenvalue weighted by molar-refractivity contribution is 5.77.